The fourth-order valence-corrected chi connectivity index (χ4v) is 2.55. The van der Waals surface area contributed by atoms with E-state index in [0.29, 0.717) is 6.54 Å². The van der Waals surface area contributed by atoms with Crippen LogP contribution in [0.4, 0.5) is 5.69 Å². The van der Waals surface area contributed by atoms with Crippen molar-refractivity contribution < 1.29 is 5.11 Å². The Morgan fingerprint density at radius 1 is 1.14 bits per heavy atom. The van der Waals surface area contributed by atoms with E-state index in [1.54, 1.807) is 0 Å². The van der Waals surface area contributed by atoms with E-state index in [9.17, 15) is 0 Å². The molecule has 0 radical (unpaired) electrons. The SMILES string of the molecule is CC.CCN(C)c1cc(C)c(CC(C)(C)NCCO)c(C)c1. The molecule has 0 atom stereocenters. The normalized spacial score (nSPS) is 11.0. The van der Waals surface area contributed by atoms with Crippen molar-refractivity contribution in [3.05, 3.63) is 28.8 Å². The molecule has 3 heteroatoms. The molecule has 1 rings (SSSR count). The van der Waals surface area contributed by atoms with Crippen molar-refractivity contribution >= 4 is 5.69 Å². The predicted molar refractivity (Wildman–Crippen MR) is 99.1 cm³/mol. The van der Waals surface area contributed by atoms with Gasteiger partial charge in [0.05, 0.1) is 6.61 Å². The lowest BCUT2D eigenvalue weighted by molar-refractivity contribution is 0.265. The molecule has 0 amide bonds. The van der Waals surface area contributed by atoms with Crippen molar-refractivity contribution in [2.75, 3.05) is 31.6 Å². The Morgan fingerprint density at radius 3 is 2.05 bits per heavy atom. The molecule has 0 unspecified atom stereocenters. The number of nitrogens with one attached hydrogen (secondary N) is 1. The molecule has 2 N–H and O–H groups in total. The number of aliphatic hydroxyl groups excluding tert-OH is 1. The van der Waals surface area contributed by atoms with Gasteiger partial charge < -0.3 is 15.3 Å². The fourth-order valence-electron chi connectivity index (χ4n) is 2.55. The summed E-state index contributed by atoms with van der Waals surface area (Å²) < 4.78 is 0. The third-order valence-corrected chi connectivity index (χ3v) is 3.93. The third kappa shape index (κ3) is 6.37. The van der Waals surface area contributed by atoms with Crippen LogP contribution in [0.2, 0.25) is 0 Å². The molecule has 0 aliphatic heterocycles. The number of anilines is 1. The van der Waals surface area contributed by atoms with Gasteiger partial charge in [0.1, 0.15) is 0 Å². The molecule has 0 spiro atoms. The zero-order valence-electron chi connectivity index (χ0n) is 15.9. The highest BCUT2D eigenvalue weighted by atomic mass is 16.3. The van der Waals surface area contributed by atoms with Crippen molar-refractivity contribution in [3.8, 4) is 0 Å². The molecular weight excluding hydrogens is 272 g/mol. The number of β-amino-alcohol motifs (C(OH)–C–C–N with tert-alkyl or cyclic N) is 1. The Hall–Kier alpha value is -1.06. The minimum absolute atomic E-state index is 0.00355. The average Bonchev–Trinajstić information content (AvgIpc) is 2.50. The van der Waals surface area contributed by atoms with Gasteiger partial charge in [-0.15, -0.1) is 0 Å². The van der Waals surface area contributed by atoms with Gasteiger partial charge in [-0.25, -0.2) is 0 Å². The van der Waals surface area contributed by atoms with Crippen molar-refractivity contribution in [2.24, 2.45) is 0 Å². The zero-order valence-corrected chi connectivity index (χ0v) is 15.9. The van der Waals surface area contributed by atoms with Crippen LogP contribution < -0.4 is 10.2 Å². The first-order valence-corrected chi connectivity index (χ1v) is 8.48. The summed E-state index contributed by atoms with van der Waals surface area (Å²) in [5.41, 5.74) is 5.38. The number of rotatable bonds is 7. The predicted octanol–water partition coefficient (Wildman–Crippen LogP) is 3.69. The van der Waals surface area contributed by atoms with Crippen LogP contribution in [0.5, 0.6) is 0 Å². The first-order valence-electron chi connectivity index (χ1n) is 8.48. The lowest BCUT2D eigenvalue weighted by atomic mass is 9.89. The van der Waals surface area contributed by atoms with E-state index in [1.807, 2.05) is 13.8 Å². The van der Waals surface area contributed by atoms with E-state index in [4.69, 9.17) is 5.11 Å². The summed E-state index contributed by atoms with van der Waals surface area (Å²) in [7, 11) is 2.13. The minimum Gasteiger partial charge on any atom is -0.395 e. The van der Waals surface area contributed by atoms with Crippen molar-refractivity contribution in [2.45, 2.75) is 60.4 Å². The highest BCUT2D eigenvalue weighted by molar-refractivity contribution is 5.54. The second-order valence-electron chi connectivity index (χ2n) is 6.28. The standard InChI is InChI=1S/C17H30N2O.C2H6/c1-7-19(6)15-10-13(2)16(14(3)11-15)12-17(4,5)18-8-9-20;1-2/h10-11,18,20H,7-9,12H2,1-6H3;1-2H3. The molecule has 0 aliphatic carbocycles. The second-order valence-corrected chi connectivity index (χ2v) is 6.28. The van der Waals surface area contributed by atoms with Crippen LogP contribution in [0.25, 0.3) is 0 Å². The average molecular weight is 309 g/mol. The number of benzene rings is 1. The van der Waals surface area contributed by atoms with Crippen molar-refractivity contribution in [1.29, 1.82) is 0 Å². The Labute approximate surface area is 137 Å². The second kappa shape index (κ2) is 9.86. The highest BCUT2D eigenvalue weighted by Gasteiger charge is 2.20. The first kappa shape index (κ1) is 20.9. The van der Waals surface area contributed by atoms with Crippen LogP contribution in [0, 0.1) is 13.8 Å². The first-order chi connectivity index (χ1) is 10.3. The van der Waals surface area contributed by atoms with Gasteiger partial charge >= 0.3 is 0 Å². The summed E-state index contributed by atoms with van der Waals surface area (Å²) in [5.74, 6) is 0. The number of nitrogens with zero attached hydrogens (tertiary/aromatic N) is 1. The van der Waals surface area contributed by atoms with Gasteiger partial charge in [-0.05, 0) is 69.9 Å². The van der Waals surface area contributed by atoms with E-state index in [-0.39, 0.29) is 12.1 Å². The Kier molecular flexibility index (Phi) is 9.38. The largest absolute Gasteiger partial charge is 0.395 e. The highest BCUT2D eigenvalue weighted by Crippen LogP contribution is 2.25. The van der Waals surface area contributed by atoms with Gasteiger partial charge in [-0.3, -0.25) is 0 Å². The number of aliphatic hydroxyl groups is 1. The van der Waals surface area contributed by atoms with E-state index >= 15 is 0 Å². The summed E-state index contributed by atoms with van der Waals surface area (Å²) in [6, 6.07) is 4.54. The molecule has 0 fully saturated rings. The monoisotopic (exact) mass is 308 g/mol. The summed E-state index contributed by atoms with van der Waals surface area (Å²) >= 11 is 0. The van der Waals surface area contributed by atoms with E-state index in [1.165, 1.54) is 22.4 Å². The minimum atomic E-state index is -0.00355. The summed E-state index contributed by atoms with van der Waals surface area (Å²) in [4.78, 5) is 2.26. The van der Waals surface area contributed by atoms with Crippen LogP contribution in [0.1, 0.15) is 51.3 Å². The quantitative estimate of drug-likeness (QED) is 0.806. The summed E-state index contributed by atoms with van der Waals surface area (Å²) in [6.07, 6.45) is 0.973. The molecule has 0 saturated heterocycles. The van der Waals surface area contributed by atoms with Gasteiger partial charge in [0.25, 0.3) is 0 Å². The molecule has 0 saturated carbocycles. The Bertz CT molecular complexity index is 418. The maximum Gasteiger partial charge on any atom is 0.0556 e. The van der Waals surface area contributed by atoms with Crippen molar-refractivity contribution in [3.63, 3.8) is 0 Å². The van der Waals surface area contributed by atoms with Crippen LogP contribution in [0.3, 0.4) is 0 Å². The third-order valence-electron chi connectivity index (χ3n) is 3.93. The van der Waals surface area contributed by atoms with Gasteiger partial charge in [0.15, 0.2) is 0 Å². The van der Waals surface area contributed by atoms with Crippen LogP contribution in [-0.4, -0.2) is 37.4 Å². The molecule has 0 aromatic heterocycles. The molecule has 22 heavy (non-hydrogen) atoms. The molecule has 1 aromatic rings. The van der Waals surface area contributed by atoms with Gasteiger partial charge in [-0.1, -0.05) is 13.8 Å². The van der Waals surface area contributed by atoms with Crippen LogP contribution >= 0.6 is 0 Å². The fraction of sp³-hybridized carbons (Fsp3) is 0.684. The van der Waals surface area contributed by atoms with E-state index in [2.05, 4.69) is 64.0 Å². The topological polar surface area (TPSA) is 35.5 Å². The number of hydrogen-bond acceptors (Lipinski definition) is 3. The lowest BCUT2D eigenvalue weighted by Crippen LogP contribution is -2.43. The summed E-state index contributed by atoms with van der Waals surface area (Å²) in [6.45, 7) is 16.8. The molecule has 3 nitrogen and oxygen atoms in total. The Balaban J connectivity index is 0.00000211. The maximum absolute atomic E-state index is 8.96. The van der Waals surface area contributed by atoms with E-state index in [0.717, 1.165) is 13.0 Å². The molecular formula is C19H36N2O. The van der Waals surface area contributed by atoms with Gasteiger partial charge in [-0.2, -0.15) is 0 Å². The molecule has 0 bridgehead atoms. The Morgan fingerprint density at radius 2 is 1.64 bits per heavy atom. The molecule has 0 aliphatic rings. The van der Waals surface area contributed by atoms with Crippen LogP contribution in [0.15, 0.2) is 12.1 Å². The molecule has 0 heterocycles. The smallest absolute Gasteiger partial charge is 0.0556 e. The van der Waals surface area contributed by atoms with Gasteiger partial charge in [0, 0.05) is 31.4 Å². The summed E-state index contributed by atoms with van der Waals surface area (Å²) in [5, 5.41) is 12.4. The van der Waals surface area contributed by atoms with Gasteiger partial charge in [0.2, 0.25) is 0 Å². The zero-order chi connectivity index (χ0) is 17.3. The molecule has 1 aromatic carbocycles. The number of hydrogen-bond donors (Lipinski definition) is 2. The van der Waals surface area contributed by atoms with E-state index < -0.39 is 0 Å². The maximum atomic E-state index is 8.96. The lowest BCUT2D eigenvalue weighted by Gasteiger charge is -2.29. The van der Waals surface area contributed by atoms with Crippen molar-refractivity contribution in [1.82, 2.24) is 5.32 Å². The van der Waals surface area contributed by atoms with Crippen LogP contribution in [-0.2, 0) is 6.42 Å². The molecule has 128 valence electrons. The number of aryl methyl sites for hydroxylation is 2.